The monoisotopic (exact) mass is 268 g/mol. The summed E-state index contributed by atoms with van der Waals surface area (Å²) in [5.74, 6) is -5.57. The highest BCUT2D eigenvalue weighted by Crippen LogP contribution is 2.23. The van der Waals surface area contributed by atoms with Crippen molar-refractivity contribution in [2.45, 2.75) is 0 Å². The molecule has 7 heteroatoms. The van der Waals surface area contributed by atoms with Crippen molar-refractivity contribution in [2.24, 2.45) is 0 Å². The lowest BCUT2D eigenvalue weighted by atomic mass is 10.2. The van der Waals surface area contributed by atoms with Crippen LogP contribution in [0.3, 0.4) is 0 Å². The van der Waals surface area contributed by atoms with Crippen LogP contribution in [0, 0.1) is 17.5 Å². The summed E-state index contributed by atoms with van der Waals surface area (Å²) in [4.78, 5) is 14.5. The molecule has 0 saturated carbocycles. The van der Waals surface area contributed by atoms with E-state index in [1.807, 2.05) is 0 Å². The molecule has 0 unspecified atom stereocenters. The van der Waals surface area contributed by atoms with Gasteiger partial charge in [-0.3, -0.25) is 4.98 Å². The summed E-state index contributed by atoms with van der Waals surface area (Å²) in [5.41, 5.74) is -0.189. The number of nitrogens with zero attached hydrogens (tertiary/aromatic N) is 1. The van der Waals surface area contributed by atoms with Crippen LogP contribution in [0.15, 0.2) is 30.6 Å². The predicted octanol–water partition coefficient (Wildman–Crippen LogP) is 2.94. The number of carbonyl (C=O) groups is 1. The molecule has 2 aromatic rings. The van der Waals surface area contributed by atoms with Crippen LogP contribution in [0.2, 0.25) is 0 Å². The minimum atomic E-state index is -1.58. The van der Waals surface area contributed by atoms with Crippen molar-refractivity contribution in [3.05, 3.63) is 53.6 Å². The Bertz CT molecular complexity index is 624. The van der Waals surface area contributed by atoms with Gasteiger partial charge in [-0.2, -0.15) is 0 Å². The molecule has 19 heavy (non-hydrogen) atoms. The number of pyridine rings is 1. The third-order valence-corrected chi connectivity index (χ3v) is 2.31. The molecule has 0 saturated heterocycles. The third kappa shape index (κ3) is 2.65. The second-order valence-corrected chi connectivity index (χ2v) is 3.61. The summed E-state index contributed by atoms with van der Waals surface area (Å²) in [6.07, 6.45) is 2.39. The third-order valence-electron chi connectivity index (χ3n) is 2.31. The van der Waals surface area contributed by atoms with Crippen molar-refractivity contribution in [1.29, 1.82) is 0 Å². The van der Waals surface area contributed by atoms with E-state index in [-0.39, 0.29) is 16.9 Å². The standard InChI is InChI=1S/C12H7F3N2O2/c13-8-3-6(4-9(14)11(8)15)17-10-1-2-16-5-7(10)12(18)19/h1-5H,(H,16,17)(H,18,19). The molecule has 0 radical (unpaired) electrons. The normalized spacial score (nSPS) is 10.3. The summed E-state index contributed by atoms with van der Waals surface area (Å²) in [6, 6.07) is 2.78. The van der Waals surface area contributed by atoms with E-state index in [1.54, 1.807) is 0 Å². The molecule has 1 aromatic heterocycles. The molecule has 0 spiro atoms. The smallest absolute Gasteiger partial charge is 0.339 e. The van der Waals surface area contributed by atoms with E-state index >= 15 is 0 Å². The lowest BCUT2D eigenvalue weighted by molar-refractivity contribution is 0.0697. The van der Waals surface area contributed by atoms with Crippen LogP contribution < -0.4 is 5.32 Å². The van der Waals surface area contributed by atoms with E-state index in [1.165, 1.54) is 12.3 Å². The molecular formula is C12H7F3N2O2. The molecule has 0 aliphatic carbocycles. The van der Waals surface area contributed by atoms with Crippen LogP contribution in [0.25, 0.3) is 0 Å². The molecule has 0 atom stereocenters. The minimum absolute atomic E-state index is 0.0907. The highest BCUT2D eigenvalue weighted by molar-refractivity contribution is 5.94. The molecule has 0 fully saturated rings. The van der Waals surface area contributed by atoms with Crippen molar-refractivity contribution in [3.8, 4) is 0 Å². The van der Waals surface area contributed by atoms with E-state index in [0.717, 1.165) is 18.3 Å². The largest absolute Gasteiger partial charge is 0.478 e. The van der Waals surface area contributed by atoms with E-state index < -0.39 is 23.4 Å². The number of aromatic carboxylic acids is 1. The van der Waals surface area contributed by atoms with Crippen molar-refractivity contribution in [1.82, 2.24) is 4.98 Å². The molecule has 0 aliphatic rings. The molecule has 2 N–H and O–H groups in total. The maximum atomic E-state index is 13.0. The zero-order chi connectivity index (χ0) is 14.0. The first-order chi connectivity index (χ1) is 8.99. The second-order valence-electron chi connectivity index (χ2n) is 3.61. The molecule has 1 aromatic carbocycles. The average molecular weight is 268 g/mol. The SMILES string of the molecule is O=C(O)c1cnccc1Nc1cc(F)c(F)c(F)c1. The molecule has 98 valence electrons. The predicted molar refractivity (Wildman–Crippen MR) is 60.8 cm³/mol. The Kier molecular flexibility index (Phi) is 3.37. The first kappa shape index (κ1) is 12.9. The van der Waals surface area contributed by atoms with Gasteiger partial charge in [0.25, 0.3) is 0 Å². The van der Waals surface area contributed by atoms with Gasteiger partial charge in [0.1, 0.15) is 5.56 Å². The Labute approximate surface area is 105 Å². The number of rotatable bonds is 3. The van der Waals surface area contributed by atoms with Crippen LogP contribution in [0.5, 0.6) is 0 Å². The Morgan fingerprint density at radius 2 is 1.84 bits per heavy atom. The highest BCUT2D eigenvalue weighted by Gasteiger charge is 2.13. The number of halogens is 3. The summed E-state index contributed by atoms with van der Waals surface area (Å²) in [6.45, 7) is 0. The highest BCUT2D eigenvalue weighted by atomic mass is 19.2. The van der Waals surface area contributed by atoms with Gasteiger partial charge in [0.05, 0.1) is 5.69 Å². The number of anilines is 2. The number of nitrogens with one attached hydrogen (secondary N) is 1. The van der Waals surface area contributed by atoms with E-state index in [4.69, 9.17) is 5.11 Å². The van der Waals surface area contributed by atoms with Crippen molar-refractivity contribution < 1.29 is 23.1 Å². The van der Waals surface area contributed by atoms with E-state index in [9.17, 15) is 18.0 Å². The van der Waals surface area contributed by atoms with Crippen molar-refractivity contribution >= 4 is 17.3 Å². The van der Waals surface area contributed by atoms with E-state index in [2.05, 4.69) is 10.3 Å². The van der Waals surface area contributed by atoms with Gasteiger partial charge in [-0.15, -0.1) is 0 Å². The second kappa shape index (κ2) is 4.97. The fraction of sp³-hybridized carbons (Fsp3) is 0. The Balaban J connectivity index is 2.39. The van der Waals surface area contributed by atoms with Crippen molar-refractivity contribution in [2.75, 3.05) is 5.32 Å². The molecule has 1 heterocycles. The first-order valence-corrected chi connectivity index (χ1v) is 5.08. The van der Waals surface area contributed by atoms with Crippen LogP contribution in [-0.2, 0) is 0 Å². The van der Waals surface area contributed by atoms with Gasteiger partial charge < -0.3 is 10.4 Å². The molecular weight excluding hydrogens is 261 g/mol. The number of hydrogen-bond acceptors (Lipinski definition) is 3. The summed E-state index contributed by atoms with van der Waals surface area (Å²) < 4.78 is 38.8. The van der Waals surface area contributed by atoms with Gasteiger partial charge in [0.2, 0.25) is 0 Å². The zero-order valence-corrected chi connectivity index (χ0v) is 9.32. The van der Waals surface area contributed by atoms with Gasteiger partial charge in [-0.1, -0.05) is 0 Å². The molecule has 0 aliphatic heterocycles. The summed E-state index contributed by atoms with van der Waals surface area (Å²) in [7, 11) is 0. The molecule has 0 bridgehead atoms. The number of aromatic nitrogens is 1. The van der Waals surface area contributed by atoms with Crippen LogP contribution in [0.4, 0.5) is 24.5 Å². The average Bonchev–Trinajstić information content (AvgIpc) is 2.36. The maximum Gasteiger partial charge on any atom is 0.339 e. The minimum Gasteiger partial charge on any atom is -0.478 e. The van der Waals surface area contributed by atoms with Gasteiger partial charge in [-0.05, 0) is 6.07 Å². The van der Waals surface area contributed by atoms with Crippen LogP contribution in [0.1, 0.15) is 10.4 Å². The number of benzene rings is 1. The molecule has 2 rings (SSSR count). The van der Waals surface area contributed by atoms with Gasteiger partial charge in [0, 0.05) is 30.2 Å². The van der Waals surface area contributed by atoms with Gasteiger partial charge in [0.15, 0.2) is 17.5 Å². The fourth-order valence-electron chi connectivity index (χ4n) is 1.46. The fourth-order valence-corrected chi connectivity index (χ4v) is 1.46. The Morgan fingerprint density at radius 1 is 1.21 bits per heavy atom. The lowest BCUT2D eigenvalue weighted by Crippen LogP contribution is -2.04. The van der Waals surface area contributed by atoms with Crippen LogP contribution in [-0.4, -0.2) is 16.1 Å². The number of hydrogen-bond donors (Lipinski definition) is 2. The molecule has 4 nitrogen and oxygen atoms in total. The number of carboxylic acid groups (broad SMARTS) is 1. The van der Waals surface area contributed by atoms with Gasteiger partial charge in [-0.25, -0.2) is 18.0 Å². The Morgan fingerprint density at radius 3 is 2.42 bits per heavy atom. The first-order valence-electron chi connectivity index (χ1n) is 5.08. The topological polar surface area (TPSA) is 62.2 Å². The van der Waals surface area contributed by atoms with Crippen LogP contribution >= 0.6 is 0 Å². The van der Waals surface area contributed by atoms with Crippen molar-refractivity contribution in [3.63, 3.8) is 0 Å². The maximum absolute atomic E-state index is 13.0. The summed E-state index contributed by atoms with van der Waals surface area (Å²) >= 11 is 0. The quantitative estimate of drug-likeness (QED) is 0.840. The van der Waals surface area contributed by atoms with E-state index in [0.29, 0.717) is 0 Å². The molecule has 0 amide bonds. The number of carboxylic acids is 1. The lowest BCUT2D eigenvalue weighted by Gasteiger charge is -2.09. The van der Waals surface area contributed by atoms with Gasteiger partial charge >= 0.3 is 5.97 Å². The Hall–Kier alpha value is -2.57. The summed E-state index contributed by atoms with van der Waals surface area (Å²) in [5, 5.41) is 11.4. The zero-order valence-electron chi connectivity index (χ0n) is 9.32.